The van der Waals surface area contributed by atoms with Crippen LogP contribution in [0.4, 0.5) is 5.00 Å². The molecule has 4 rings (SSSR count). The number of thioether (sulfide) groups is 1. The number of nitrogens with zero attached hydrogens (tertiary/aromatic N) is 2. The zero-order valence-electron chi connectivity index (χ0n) is 17.4. The van der Waals surface area contributed by atoms with Gasteiger partial charge < -0.3 is 10.1 Å². The second kappa shape index (κ2) is 9.58. The van der Waals surface area contributed by atoms with E-state index >= 15 is 0 Å². The van der Waals surface area contributed by atoms with Crippen LogP contribution in [0, 0.1) is 13.8 Å². The summed E-state index contributed by atoms with van der Waals surface area (Å²) in [5.74, 6) is -0.706. The van der Waals surface area contributed by atoms with Crippen LogP contribution >= 0.6 is 46.0 Å². The van der Waals surface area contributed by atoms with Crippen molar-refractivity contribution in [1.29, 1.82) is 0 Å². The number of carbonyl (C=O) groups excluding carboxylic acids is 2. The highest BCUT2D eigenvalue weighted by atomic mass is 35.5. The molecule has 0 atom stereocenters. The number of fused-ring (bicyclic) bond motifs is 1. The highest BCUT2D eigenvalue weighted by Gasteiger charge is 2.26. The number of benzene rings is 1. The molecule has 1 aromatic carbocycles. The number of halogens is 1. The second-order valence-electron chi connectivity index (χ2n) is 6.79. The van der Waals surface area contributed by atoms with E-state index in [2.05, 4.69) is 15.3 Å². The van der Waals surface area contributed by atoms with E-state index in [4.69, 9.17) is 16.3 Å². The van der Waals surface area contributed by atoms with Gasteiger partial charge in [0.2, 0.25) is 5.91 Å². The molecule has 164 valence electrons. The van der Waals surface area contributed by atoms with Gasteiger partial charge >= 0.3 is 5.97 Å². The molecule has 0 unspecified atom stereocenters. The van der Waals surface area contributed by atoms with Crippen molar-refractivity contribution in [3.05, 3.63) is 57.0 Å². The first kappa shape index (κ1) is 22.7. The third kappa shape index (κ3) is 4.38. The van der Waals surface area contributed by atoms with E-state index in [1.165, 1.54) is 30.1 Å². The van der Waals surface area contributed by atoms with Gasteiger partial charge in [0.25, 0.3) is 0 Å². The number of amides is 1. The Morgan fingerprint density at radius 1 is 1.16 bits per heavy atom. The van der Waals surface area contributed by atoms with Crippen molar-refractivity contribution in [3.8, 4) is 11.1 Å². The Hall–Kier alpha value is -2.46. The number of hydrogen-bond donors (Lipinski definition) is 1. The summed E-state index contributed by atoms with van der Waals surface area (Å²) < 4.78 is 5.37. The van der Waals surface area contributed by atoms with Crippen molar-refractivity contribution in [1.82, 2.24) is 9.97 Å². The van der Waals surface area contributed by atoms with Gasteiger partial charge in [-0.15, -0.1) is 22.7 Å². The first-order valence-corrected chi connectivity index (χ1v) is 12.5. The Balaban J connectivity index is 1.58. The minimum Gasteiger partial charge on any atom is -0.465 e. The fourth-order valence-electron chi connectivity index (χ4n) is 3.21. The predicted octanol–water partition coefficient (Wildman–Crippen LogP) is 6.21. The fraction of sp³-hybridized carbons (Fsp3) is 0.182. The summed E-state index contributed by atoms with van der Waals surface area (Å²) in [6.45, 7) is 4.07. The molecule has 0 aliphatic rings. The van der Waals surface area contributed by atoms with Gasteiger partial charge in [0, 0.05) is 15.8 Å². The Morgan fingerprint density at radius 3 is 2.62 bits per heavy atom. The molecule has 0 aliphatic carbocycles. The number of nitrogens with one attached hydrogen (secondary N) is 1. The molecule has 0 saturated heterocycles. The van der Waals surface area contributed by atoms with E-state index in [0.717, 1.165) is 37.7 Å². The zero-order valence-corrected chi connectivity index (χ0v) is 20.6. The lowest BCUT2D eigenvalue weighted by Crippen LogP contribution is -2.16. The molecule has 0 fully saturated rings. The minimum atomic E-state index is -0.558. The molecule has 32 heavy (non-hydrogen) atoms. The molecule has 1 amide bonds. The van der Waals surface area contributed by atoms with Crippen LogP contribution < -0.4 is 5.32 Å². The lowest BCUT2D eigenvalue weighted by Gasteiger charge is -2.08. The van der Waals surface area contributed by atoms with Crippen molar-refractivity contribution >= 4 is 73.1 Å². The maximum atomic E-state index is 12.8. The van der Waals surface area contributed by atoms with Crippen LogP contribution in [0.25, 0.3) is 21.3 Å². The second-order valence-corrected chi connectivity index (χ2v) is 10.6. The molecule has 6 nitrogen and oxygen atoms in total. The Bertz CT molecular complexity index is 1320. The van der Waals surface area contributed by atoms with Crippen LogP contribution in [0.5, 0.6) is 0 Å². The van der Waals surface area contributed by atoms with Gasteiger partial charge in [-0.3, -0.25) is 4.79 Å². The highest BCUT2D eigenvalue weighted by Crippen LogP contribution is 2.44. The van der Waals surface area contributed by atoms with Gasteiger partial charge in [-0.2, -0.15) is 0 Å². The molecule has 0 bridgehead atoms. The topological polar surface area (TPSA) is 81.2 Å². The van der Waals surface area contributed by atoms with Gasteiger partial charge in [0.05, 0.1) is 12.9 Å². The molecule has 1 N–H and O–H groups in total. The van der Waals surface area contributed by atoms with Crippen LogP contribution in [0.15, 0.2) is 41.7 Å². The fourth-order valence-corrected chi connectivity index (χ4v) is 6.51. The molecule has 0 radical (unpaired) electrons. The largest absolute Gasteiger partial charge is 0.465 e. The van der Waals surface area contributed by atoms with Crippen LogP contribution in [0.3, 0.4) is 0 Å². The van der Waals surface area contributed by atoms with E-state index in [1.54, 1.807) is 11.3 Å². The minimum absolute atomic E-state index is 0.122. The van der Waals surface area contributed by atoms with Crippen LogP contribution in [-0.2, 0) is 9.53 Å². The smallest absolute Gasteiger partial charge is 0.341 e. The van der Waals surface area contributed by atoms with Crippen LogP contribution in [0.2, 0.25) is 4.34 Å². The standard InChI is InChI=1S/C22H18ClN3O3S3/c1-11-12(2)31-20-15(11)19(24-10-25-20)30-9-14(27)26-21-17(22(28)29-3)16(18(23)32-21)13-7-5-4-6-8-13/h4-8,10H,9H2,1-3H3,(H,26,27). The van der Waals surface area contributed by atoms with Crippen molar-refractivity contribution in [2.75, 3.05) is 18.2 Å². The summed E-state index contributed by atoms with van der Waals surface area (Å²) in [6, 6.07) is 9.30. The van der Waals surface area contributed by atoms with Crippen molar-refractivity contribution in [3.63, 3.8) is 0 Å². The molecular formula is C22H18ClN3O3S3. The lowest BCUT2D eigenvalue weighted by atomic mass is 10.0. The van der Waals surface area contributed by atoms with Crippen LogP contribution in [-0.4, -0.2) is 34.7 Å². The first-order valence-electron chi connectivity index (χ1n) is 9.50. The van der Waals surface area contributed by atoms with Crippen molar-refractivity contribution in [2.45, 2.75) is 18.9 Å². The zero-order chi connectivity index (χ0) is 22.8. The average molecular weight is 504 g/mol. The first-order chi connectivity index (χ1) is 15.4. The number of aromatic nitrogens is 2. The van der Waals surface area contributed by atoms with Gasteiger partial charge in [-0.25, -0.2) is 14.8 Å². The number of anilines is 1. The summed E-state index contributed by atoms with van der Waals surface area (Å²) in [5, 5.41) is 4.93. The molecule has 0 saturated carbocycles. The Morgan fingerprint density at radius 2 is 1.91 bits per heavy atom. The number of hydrogen-bond acceptors (Lipinski definition) is 8. The van der Waals surface area contributed by atoms with E-state index in [0.29, 0.717) is 14.9 Å². The summed E-state index contributed by atoms with van der Waals surface area (Å²) in [5.41, 5.74) is 2.70. The molecule has 0 spiro atoms. The maximum Gasteiger partial charge on any atom is 0.341 e. The average Bonchev–Trinajstić information content (AvgIpc) is 3.27. The van der Waals surface area contributed by atoms with Crippen molar-refractivity contribution in [2.24, 2.45) is 0 Å². The number of thiophene rings is 2. The van der Waals surface area contributed by atoms with Gasteiger partial charge in [0.15, 0.2) is 0 Å². The monoisotopic (exact) mass is 503 g/mol. The quantitative estimate of drug-likeness (QED) is 0.191. The van der Waals surface area contributed by atoms with Gasteiger partial charge in [-0.05, 0) is 25.0 Å². The Labute approximate surface area is 202 Å². The maximum absolute atomic E-state index is 12.8. The summed E-state index contributed by atoms with van der Waals surface area (Å²) >= 11 is 10.5. The molecule has 3 heterocycles. The van der Waals surface area contributed by atoms with Crippen molar-refractivity contribution < 1.29 is 14.3 Å². The lowest BCUT2D eigenvalue weighted by molar-refractivity contribution is -0.113. The SMILES string of the molecule is COC(=O)c1c(NC(=O)CSc2ncnc3sc(C)c(C)c23)sc(Cl)c1-c1ccccc1. The van der Waals surface area contributed by atoms with Gasteiger partial charge in [-0.1, -0.05) is 53.7 Å². The number of carbonyl (C=O) groups is 2. The summed E-state index contributed by atoms with van der Waals surface area (Å²) in [6.07, 6.45) is 1.51. The number of aryl methyl sites for hydroxylation is 2. The van der Waals surface area contributed by atoms with Crippen LogP contribution in [0.1, 0.15) is 20.8 Å². The number of ether oxygens (including phenoxy) is 1. The summed E-state index contributed by atoms with van der Waals surface area (Å²) in [4.78, 5) is 36.1. The predicted molar refractivity (Wildman–Crippen MR) is 132 cm³/mol. The van der Waals surface area contributed by atoms with Gasteiger partial charge in [0.1, 0.15) is 31.1 Å². The number of rotatable bonds is 6. The van der Waals surface area contributed by atoms with E-state index in [1.807, 2.05) is 44.2 Å². The Kier molecular flexibility index (Phi) is 6.80. The number of esters is 1. The molecule has 4 aromatic rings. The van der Waals surface area contributed by atoms with E-state index in [9.17, 15) is 9.59 Å². The van der Waals surface area contributed by atoms with E-state index in [-0.39, 0.29) is 17.2 Å². The summed E-state index contributed by atoms with van der Waals surface area (Å²) in [7, 11) is 1.30. The third-order valence-electron chi connectivity index (χ3n) is 4.84. The van der Waals surface area contributed by atoms with E-state index < -0.39 is 5.97 Å². The highest BCUT2D eigenvalue weighted by molar-refractivity contribution is 8.00. The normalized spacial score (nSPS) is 11.0. The molecule has 3 aromatic heterocycles. The third-order valence-corrected chi connectivity index (χ3v) is 8.26. The molecule has 0 aliphatic heterocycles. The number of methoxy groups -OCH3 is 1. The molecule has 10 heteroatoms. The molecular weight excluding hydrogens is 486 g/mol.